The second-order valence-corrected chi connectivity index (χ2v) is 7.30. The lowest BCUT2D eigenvalue weighted by molar-refractivity contribution is 0.0802. The van der Waals surface area contributed by atoms with Crippen LogP contribution in [0.2, 0.25) is 0 Å². The number of benzene rings is 2. The highest BCUT2D eigenvalue weighted by atomic mass is 19.1. The minimum Gasteiger partial charge on any atom is -0.295 e. The van der Waals surface area contributed by atoms with Crippen LogP contribution in [-0.2, 0) is 13.1 Å². The van der Waals surface area contributed by atoms with Crippen LogP contribution in [-0.4, -0.2) is 44.0 Å². The number of hydrogen-bond acceptors (Lipinski definition) is 5. The Kier molecular flexibility index (Phi) is 5.71. The molecule has 4 rings (SSSR count). The van der Waals surface area contributed by atoms with Crippen LogP contribution in [0.1, 0.15) is 34.6 Å². The fraction of sp³-hybridized carbons (Fsp3) is 0.333. The maximum atomic E-state index is 14.0. The fourth-order valence-corrected chi connectivity index (χ4v) is 3.74. The summed E-state index contributed by atoms with van der Waals surface area (Å²) in [6, 6.07) is 12.9. The molecule has 1 aliphatic heterocycles. The van der Waals surface area contributed by atoms with Crippen molar-refractivity contribution in [1.82, 2.24) is 25.1 Å². The first kappa shape index (κ1) is 19.3. The maximum absolute atomic E-state index is 14.0. The molecule has 2 aromatic carbocycles. The van der Waals surface area contributed by atoms with Gasteiger partial charge in [-0.05, 0) is 53.6 Å². The molecule has 1 aromatic heterocycles. The zero-order valence-electron chi connectivity index (χ0n) is 15.8. The Morgan fingerprint density at radius 1 is 1.10 bits per heavy atom. The maximum Gasteiger partial charge on any atom is 0.170 e. The van der Waals surface area contributed by atoms with E-state index in [-0.39, 0.29) is 17.3 Å². The number of piperidine rings is 1. The Hall–Kier alpha value is -3.00. The Bertz CT molecular complexity index is 992. The van der Waals surface area contributed by atoms with Gasteiger partial charge in [-0.3, -0.25) is 9.69 Å². The number of ketones is 1. The third-order valence-electron chi connectivity index (χ3n) is 5.22. The number of carbonyl (C=O) groups is 1. The predicted molar refractivity (Wildman–Crippen MR) is 102 cm³/mol. The molecule has 0 aliphatic carbocycles. The van der Waals surface area contributed by atoms with Gasteiger partial charge in [-0.1, -0.05) is 30.3 Å². The zero-order chi connectivity index (χ0) is 20.2. The van der Waals surface area contributed by atoms with Crippen LogP contribution < -0.4 is 0 Å². The molecule has 3 aromatic rings. The lowest BCUT2D eigenvalue weighted by Crippen LogP contribution is -2.39. The van der Waals surface area contributed by atoms with E-state index in [4.69, 9.17) is 0 Å². The number of Topliss-reactive ketones (excluding diaryl/α,β-unsaturated/α-hetero) is 1. The van der Waals surface area contributed by atoms with E-state index in [0.717, 1.165) is 36.7 Å². The van der Waals surface area contributed by atoms with Gasteiger partial charge in [-0.25, -0.2) is 13.5 Å². The Morgan fingerprint density at radius 3 is 2.76 bits per heavy atom. The standard InChI is InChI=1S/C21H21F2N5O/c22-17-8-9-19(23)18(11-17)21(29)16-7-4-10-27(13-16)14-20-24-25-26-28(20)12-15-5-2-1-3-6-15/h1-3,5-6,8-9,11,16H,4,7,10,12-14H2/t16-/m0/s1. The minimum absolute atomic E-state index is 0.175. The first-order chi connectivity index (χ1) is 14.1. The third kappa shape index (κ3) is 4.54. The van der Waals surface area contributed by atoms with Gasteiger partial charge in [-0.2, -0.15) is 0 Å². The molecule has 0 spiro atoms. The summed E-state index contributed by atoms with van der Waals surface area (Å²) in [5.74, 6) is -1.31. The van der Waals surface area contributed by atoms with Gasteiger partial charge in [-0.15, -0.1) is 5.10 Å². The highest BCUT2D eigenvalue weighted by molar-refractivity contribution is 5.98. The summed E-state index contributed by atoms with van der Waals surface area (Å²) in [7, 11) is 0. The molecule has 0 bridgehead atoms. The molecule has 6 nitrogen and oxygen atoms in total. The van der Waals surface area contributed by atoms with Gasteiger partial charge in [0.05, 0.1) is 18.7 Å². The molecule has 1 aliphatic rings. The van der Waals surface area contributed by atoms with E-state index in [1.54, 1.807) is 4.68 Å². The molecule has 8 heteroatoms. The van der Waals surface area contributed by atoms with Crippen molar-refractivity contribution in [2.45, 2.75) is 25.9 Å². The van der Waals surface area contributed by atoms with E-state index < -0.39 is 11.6 Å². The number of halogens is 2. The smallest absolute Gasteiger partial charge is 0.170 e. The summed E-state index contributed by atoms with van der Waals surface area (Å²) in [5.41, 5.74) is 0.917. The van der Waals surface area contributed by atoms with Crippen LogP contribution in [0.4, 0.5) is 8.78 Å². The van der Waals surface area contributed by atoms with Crippen LogP contribution in [0.5, 0.6) is 0 Å². The van der Waals surface area contributed by atoms with Gasteiger partial charge >= 0.3 is 0 Å². The van der Waals surface area contributed by atoms with Crippen LogP contribution in [0.25, 0.3) is 0 Å². The lowest BCUT2D eigenvalue weighted by atomic mass is 9.89. The Morgan fingerprint density at radius 2 is 1.93 bits per heavy atom. The molecule has 1 saturated heterocycles. The molecule has 2 heterocycles. The number of aromatic nitrogens is 4. The topological polar surface area (TPSA) is 63.9 Å². The van der Waals surface area contributed by atoms with Crippen LogP contribution in [0, 0.1) is 17.6 Å². The van der Waals surface area contributed by atoms with Crippen molar-refractivity contribution in [2.24, 2.45) is 5.92 Å². The number of likely N-dealkylation sites (tertiary alicyclic amines) is 1. The summed E-state index contributed by atoms with van der Waals surface area (Å²) < 4.78 is 29.2. The Labute approximate surface area is 167 Å². The SMILES string of the molecule is O=C(c1cc(F)ccc1F)[C@H]1CCCN(Cc2nnnn2Cc2ccccc2)C1. The van der Waals surface area contributed by atoms with Crippen LogP contribution >= 0.6 is 0 Å². The van der Waals surface area contributed by atoms with E-state index in [2.05, 4.69) is 20.4 Å². The normalized spacial score (nSPS) is 17.4. The van der Waals surface area contributed by atoms with Gasteiger partial charge in [0.15, 0.2) is 11.6 Å². The van der Waals surface area contributed by atoms with Crippen molar-refractivity contribution in [3.8, 4) is 0 Å². The number of hydrogen-bond donors (Lipinski definition) is 0. The lowest BCUT2D eigenvalue weighted by Gasteiger charge is -2.31. The second-order valence-electron chi connectivity index (χ2n) is 7.30. The zero-order valence-corrected chi connectivity index (χ0v) is 15.8. The molecule has 0 amide bonds. The van der Waals surface area contributed by atoms with E-state index in [1.807, 2.05) is 30.3 Å². The van der Waals surface area contributed by atoms with Crippen LogP contribution in [0.15, 0.2) is 48.5 Å². The van der Waals surface area contributed by atoms with E-state index in [9.17, 15) is 13.6 Å². The average Bonchev–Trinajstić information content (AvgIpc) is 3.16. The molecule has 0 saturated carbocycles. The van der Waals surface area contributed by atoms with Crippen molar-refractivity contribution >= 4 is 5.78 Å². The largest absolute Gasteiger partial charge is 0.295 e. The second kappa shape index (κ2) is 8.57. The number of nitrogens with zero attached hydrogens (tertiary/aromatic N) is 5. The first-order valence-electron chi connectivity index (χ1n) is 9.61. The Balaban J connectivity index is 1.44. The summed E-state index contributed by atoms with van der Waals surface area (Å²) in [5, 5.41) is 12.0. The number of carbonyl (C=O) groups excluding carboxylic acids is 1. The highest BCUT2D eigenvalue weighted by Gasteiger charge is 2.29. The molecule has 0 radical (unpaired) electrons. The number of rotatable bonds is 6. The molecule has 29 heavy (non-hydrogen) atoms. The summed E-state index contributed by atoms with van der Waals surface area (Å²) >= 11 is 0. The van der Waals surface area contributed by atoms with Gasteiger partial charge in [0, 0.05) is 12.5 Å². The van der Waals surface area contributed by atoms with E-state index >= 15 is 0 Å². The quantitative estimate of drug-likeness (QED) is 0.598. The molecule has 1 fully saturated rings. The number of tetrazole rings is 1. The van der Waals surface area contributed by atoms with Gasteiger partial charge in [0.1, 0.15) is 11.6 Å². The van der Waals surface area contributed by atoms with Crippen LogP contribution in [0.3, 0.4) is 0 Å². The average molecular weight is 397 g/mol. The molecular formula is C21H21F2N5O. The summed E-state index contributed by atoms with van der Waals surface area (Å²) in [4.78, 5) is 14.8. The van der Waals surface area contributed by atoms with Crippen molar-refractivity contribution in [3.63, 3.8) is 0 Å². The van der Waals surface area contributed by atoms with Gasteiger partial charge in [0.2, 0.25) is 0 Å². The van der Waals surface area contributed by atoms with E-state index in [1.165, 1.54) is 0 Å². The first-order valence-corrected chi connectivity index (χ1v) is 9.61. The third-order valence-corrected chi connectivity index (χ3v) is 5.22. The van der Waals surface area contributed by atoms with Gasteiger partial charge < -0.3 is 0 Å². The summed E-state index contributed by atoms with van der Waals surface area (Å²) in [6.45, 7) is 2.32. The van der Waals surface area contributed by atoms with Crippen molar-refractivity contribution in [1.29, 1.82) is 0 Å². The van der Waals surface area contributed by atoms with E-state index in [0.29, 0.717) is 31.9 Å². The highest BCUT2D eigenvalue weighted by Crippen LogP contribution is 2.24. The van der Waals surface area contributed by atoms with Crippen molar-refractivity contribution in [2.75, 3.05) is 13.1 Å². The fourth-order valence-electron chi connectivity index (χ4n) is 3.74. The molecule has 0 unspecified atom stereocenters. The molecule has 1 atom stereocenters. The van der Waals surface area contributed by atoms with Crippen molar-refractivity contribution < 1.29 is 13.6 Å². The van der Waals surface area contributed by atoms with Crippen molar-refractivity contribution in [3.05, 3.63) is 77.1 Å². The summed E-state index contributed by atoms with van der Waals surface area (Å²) in [6.07, 6.45) is 1.45. The predicted octanol–water partition coefficient (Wildman–Crippen LogP) is 3.09. The molecule has 150 valence electrons. The van der Waals surface area contributed by atoms with Gasteiger partial charge in [0.25, 0.3) is 0 Å². The molecular weight excluding hydrogens is 376 g/mol. The monoisotopic (exact) mass is 397 g/mol. The minimum atomic E-state index is -0.680. The molecule has 0 N–H and O–H groups in total.